The summed E-state index contributed by atoms with van der Waals surface area (Å²) in [6.07, 6.45) is 1.26. The van der Waals surface area contributed by atoms with Crippen LogP contribution in [0.25, 0.3) is 0 Å². The van der Waals surface area contributed by atoms with Gasteiger partial charge in [0.25, 0.3) is 5.92 Å². The summed E-state index contributed by atoms with van der Waals surface area (Å²) in [7, 11) is 0. The molecule has 0 aromatic carbocycles. The molecule has 1 aliphatic heterocycles. The molecule has 1 aromatic rings. The SMILES string of the molecule is FC1(F)CCN(c2ccnc(Cl)n2)CC1. The van der Waals surface area contributed by atoms with Gasteiger partial charge in [-0.1, -0.05) is 0 Å². The third-order valence-corrected chi connectivity index (χ3v) is 2.61. The summed E-state index contributed by atoms with van der Waals surface area (Å²) < 4.78 is 25.8. The van der Waals surface area contributed by atoms with E-state index >= 15 is 0 Å². The van der Waals surface area contributed by atoms with E-state index in [1.165, 1.54) is 6.20 Å². The van der Waals surface area contributed by atoms with Gasteiger partial charge in [-0.25, -0.2) is 18.7 Å². The van der Waals surface area contributed by atoms with Gasteiger partial charge in [0.2, 0.25) is 5.28 Å². The van der Waals surface area contributed by atoms with E-state index in [9.17, 15) is 8.78 Å². The van der Waals surface area contributed by atoms with Crippen LogP contribution in [0, 0.1) is 0 Å². The van der Waals surface area contributed by atoms with E-state index in [1.54, 1.807) is 11.0 Å². The smallest absolute Gasteiger partial charge is 0.251 e. The van der Waals surface area contributed by atoms with Crippen LogP contribution in [0.1, 0.15) is 12.8 Å². The molecule has 0 radical (unpaired) electrons. The highest BCUT2D eigenvalue weighted by Crippen LogP contribution is 2.29. The molecular weight excluding hydrogens is 224 g/mol. The summed E-state index contributed by atoms with van der Waals surface area (Å²) in [4.78, 5) is 9.52. The predicted molar refractivity (Wildman–Crippen MR) is 53.4 cm³/mol. The Bertz CT molecular complexity index is 349. The molecule has 0 aliphatic carbocycles. The lowest BCUT2D eigenvalue weighted by Crippen LogP contribution is -2.39. The third kappa shape index (κ3) is 2.53. The zero-order valence-corrected chi connectivity index (χ0v) is 8.71. The Morgan fingerprint density at radius 3 is 2.60 bits per heavy atom. The van der Waals surface area contributed by atoms with Crippen molar-refractivity contribution >= 4 is 17.4 Å². The van der Waals surface area contributed by atoms with Crippen LogP contribution in [0.5, 0.6) is 0 Å². The highest BCUT2D eigenvalue weighted by Gasteiger charge is 2.34. The van der Waals surface area contributed by atoms with Gasteiger partial charge < -0.3 is 4.90 Å². The van der Waals surface area contributed by atoms with E-state index < -0.39 is 5.92 Å². The molecule has 1 saturated heterocycles. The van der Waals surface area contributed by atoms with Gasteiger partial charge in [0.05, 0.1) is 0 Å². The molecule has 15 heavy (non-hydrogen) atoms. The third-order valence-electron chi connectivity index (χ3n) is 2.43. The van der Waals surface area contributed by atoms with Crippen LogP contribution in [-0.4, -0.2) is 29.0 Å². The molecule has 2 heterocycles. The monoisotopic (exact) mass is 233 g/mol. The summed E-state index contributed by atoms with van der Waals surface area (Å²) in [5.74, 6) is -1.92. The average Bonchev–Trinajstić information content (AvgIpc) is 2.17. The first-order valence-electron chi connectivity index (χ1n) is 4.68. The molecule has 3 nitrogen and oxygen atoms in total. The molecule has 1 aliphatic rings. The fraction of sp³-hybridized carbons (Fsp3) is 0.556. The second-order valence-electron chi connectivity index (χ2n) is 3.53. The van der Waals surface area contributed by atoms with Crippen molar-refractivity contribution in [3.8, 4) is 0 Å². The minimum Gasteiger partial charge on any atom is -0.356 e. The van der Waals surface area contributed by atoms with Crippen LogP contribution in [0.2, 0.25) is 5.28 Å². The molecule has 0 unspecified atom stereocenters. The second kappa shape index (κ2) is 3.89. The fourth-order valence-electron chi connectivity index (χ4n) is 1.57. The quantitative estimate of drug-likeness (QED) is 0.698. The summed E-state index contributed by atoms with van der Waals surface area (Å²) in [5.41, 5.74) is 0. The number of anilines is 1. The van der Waals surface area contributed by atoms with Crippen LogP contribution >= 0.6 is 11.6 Å². The number of aromatic nitrogens is 2. The van der Waals surface area contributed by atoms with Gasteiger partial charge in [-0.2, -0.15) is 0 Å². The minimum absolute atomic E-state index is 0.130. The van der Waals surface area contributed by atoms with Crippen molar-refractivity contribution < 1.29 is 8.78 Å². The lowest BCUT2D eigenvalue weighted by Gasteiger charge is -2.32. The zero-order valence-electron chi connectivity index (χ0n) is 7.96. The molecule has 1 fully saturated rings. The molecule has 6 heteroatoms. The highest BCUT2D eigenvalue weighted by molar-refractivity contribution is 6.28. The Balaban J connectivity index is 2.08. The molecule has 0 N–H and O–H groups in total. The van der Waals surface area contributed by atoms with E-state index in [2.05, 4.69) is 9.97 Å². The maximum Gasteiger partial charge on any atom is 0.251 e. The Morgan fingerprint density at radius 2 is 2.00 bits per heavy atom. The average molecular weight is 234 g/mol. The van der Waals surface area contributed by atoms with Gasteiger partial charge in [0.15, 0.2) is 0 Å². The minimum atomic E-state index is -2.53. The van der Waals surface area contributed by atoms with Gasteiger partial charge in [-0.05, 0) is 17.7 Å². The summed E-state index contributed by atoms with van der Waals surface area (Å²) in [6, 6.07) is 1.68. The summed E-state index contributed by atoms with van der Waals surface area (Å²) in [5, 5.41) is 0.143. The fourth-order valence-corrected chi connectivity index (χ4v) is 1.71. The first-order chi connectivity index (χ1) is 7.07. The predicted octanol–water partition coefficient (Wildman–Crippen LogP) is 2.37. The van der Waals surface area contributed by atoms with E-state index in [0.29, 0.717) is 18.9 Å². The molecule has 0 spiro atoms. The Kier molecular flexibility index (Phi) is 2.73. The van der Waals surface area contributed by atoms with E-state index in [-0.39, 0.29) is 18.1 Å². The van der Waals surface area contributed by atoms with E-state index in [0.717, 1.165) is 0 Å². The van der Waals surface area contributed by atoms with Crippen molar-refractivity contribution in [2.75, 3.05) is 18.0 Å². The Labute approximate surface area is 91.1 Å². The molecule has 2 rings (SSSR count). The van der Waals surface area contributed by atoms with Crippen molar-refractivity contribution in [2.45, 2.75) is 18.8 Å². The number of hydrogen-bond acceptors (Lipinski definition) is 3. The van der Waals surface area contributed by atoms with Crippen molar-refractivity contribution in [3.63, 3.8) is 0 Å². The summed E-state index contributed by atoms with van der Waals surface area (Å²) in [6.45, 7) is 0.612. The maximum absolute atomic E-state index is 12.9. The molecule has 0 saturated carbocycles. The van der Waals surface area contributed by atoms with Crippen LogP contribution in [0.4, 0.5) is 14.6 Å². The van der Waals surface area contributed by atoms with E-state index in [4.69, 9.17) is 11.6 Å². The van der Waals surface area contributed by atoms with Gasteiger partial charge in [0, 0.05) is 32.1 Å². The van der Waals surface area contributed by atoms with Crippen molar-refractivity contribution in [1.82, 2.24) is 9.97 Å². The van der Waals surface area contributed by atoms with Crippen molar-refractivity contribution in [3.05, 3.63) is 17.5 Å². The second-order valence-corrected chi connectivity index (χ2v) is 3.86. The van der Waals surface area contributed by atoms with E-state index in [1.807, 2.05) is 0 Å². The summed E-state index contributed by atoms with van der Waals surface area (Å²) >= 11 is 5.62. The van der Waals surface area contributed by atoms with Gasteiger partial charge in [-0.15, -0.1) is 0 Å². The number of hydrogen-bond donors (Lipinski definition) is 0. The first kappa shape index (κ1) is 10.5. The van der Waals surface area contributed by atoms with Gasteiger partial charge in [-0.3, -0.25) is 0 Å². The van der Waals surface area contributed by atoms with Gasteiger partial charge in [0.1, 0.15) is 5.82 Å². The number of nitrogens with zero attached hydrogens (tertiary/aromatic N) is 3. The molecule has 0 amide bonds. The Morgan fingerprint density at radius 1 is 1.33 bits per heavy atom. The lowest BCUT2D eigenvalue weighted by molar-refractivity contribution is -0.0221. The van der Waals surface area contributed by atoms with Gasteiger partial charge >= 0.3 is 0 Å². The number of piperidine rings is 1. The van der Waals surface area contributed by atoms with Crippen LogP contribution < -0.4 is 4.90 Å². The number of halogens is 3. The number of rotatable bonds is 1. The highest BCUT2D eigenvalue weighted by atomic mass is 35.5. The molecular formula is C9H10ClF2N3. The molecule has 1 aromatic heterocycles. The molecule has 82 valence electrons. The maximum atomic E-state index is 12.9. The standard InChI is InChI=1S/C9H10ClF2N3/c10-8-13-4-1-7(14-8)15-5-2-9(11,12)3-6-15/h1,4H,2-3,5-6H2. The first-order valence-corrected chi connectivity index (χ1v) is 5.06. The van der Waals surface area contributed by atoms with Crippen molar-refractivity contribution in [2.24, 2.45) is 0 Å². The number of alkyl halides is 2. The largest absolute Gasteiger partial charge is 0.356 e. The van der Waals surface area contributed by atoms with Crippen LogP contribution in [-0.2, 0) is 0 Å². The lowest BCUT2D eigenvalue weighted by atomic mass is 10.1. The Hall–Kier alpha value is -0.970. The topological polar surface area (TPSA) is 29.0 Å². The van der Waals surface area contributed by atoms with Crippen LogP contribution in [0.3, 0.4) is 0 Å². The molecule has 0 bridgehead atoms. The molecule has 0 atom stereocenters. The zero-order chi connectivity index (χ0) is 10.9. The van der Waals surface area contributed by atoms with Crippen molar-refractivity contribution in [1.29, 1.82) is 0 Å². The van der Waals surface area contributed by atoms with Crippen LogP contribution in [0.15, 0.2) is 12.3 Å². The normalized spacial score (nSPS) is 20.3.